The van der Waals surface area contributed by atoms with Gasteiger partial charge in [-0.3, -0.25) is 9.59 Å². The van der Waals surface area contributed by atoms with Gasteiger partial charge in [0.2, 0.25) is 11.8 Å². The van der Waals surface area contributed by atoms with Gasteiger partial charge in [0, 0.05) is 31.4 Å². The molecule has 2 rings (SSSR count). The van der Waals surface area contributed by atoms with Gasteiger partial charge in [-0.05, 0) is 26.0 Å². The minimum absolute atomic E-state index is 0. The van der Waals surface area contributed by atoms with Crippen LogP contribution in [0.3, 0.4) is 0 Å². The number of hydrogen-bond donors (Lipinski definition) is 2. The third kappa shape index (κ3) is 6.41. The van der Waals surface area contributed by atoms with Gasteiger partial charge < -0.3 is 15.5 Å². The highest BCUT2D eigenvalue weighted by atomic mass is 35.5. The first kappa shape index (κ1) is 19.8. The van der Waals surface area contributed by atoms with Crippen molar-refractivity contribution in [3.8, 4) is 0 Å². The van der Waals surface area contributed by atoms with Crippen molar-refractivity contribution in [2.24, 2.45) is 0 Å². The maximum atomic E-state index is 12.1. The van der Waals surface area contributed by atoms with E-state index in [4.69, 9.17) is 0 Å². The molecule has 1 aromatic carbocycles. The maximum absolute atomic E-state index is 12.1. The minimum Gasteiger partial charge on any atom is -0.337 e. The molecule has 128 valence electrons. The van der Waals surface area contributed by atoms with Crippen molar-refractivity contribution in [2.75, 3.05) is 36.5 Å². The maximum Gasteiger partial charge on any atom is 0.234 e. The molecular weight excluding hydrogens is 334 g/mol. The number of nitrogens with zero attached hydrogens (tertiary/aromatic N) is 1. The van der Waals surface area contributed by atoms with Gasteiger partial charge in [0.25, 0.3) is 0 Å². The third-order valence-electron chi connectivity index (χ3n) is 3.62. The van der Waals surface area contributed by atoms with Crippen LogP contribution in [0.4, 0.5) is 5.69 Å². The lowest BCUT2D eigenvalue weighted by molar-refractivity contribution is -0.131. The molecule has 0 saturated carbocycles. The van der Waals surface area contributed by atoms with Gasteiger partial charge in [-0.25, -0.2) is 0 Å². The quantitative estimate of drug-likeness (QED) is 0.845. The van der Waals surface area contributed by atoms with E-state index in [9.17, 15) is 9.59 Å². The molecule has 23 heavy (non-hydrogen) atoms. The lowest BCUT2D eigenvalue weighted by Gasteiger charge is -2.33. The van der Waals surface area contributed by atoms with E-state index in [0.717, 1.165) is 30.9 Å². The number of benzene rings is 1. The Morgan fingerprint density at radius 2 is 2.00 bits per heavy atom. The monoisotopic (exact) mass is 357 g/mol. The summed E-state index contributed by atoms with van der Waals surface area (Å²) < 4.78 is 0. The zero-order valence-corrected chi connectivity index (χ0v) is 15.1. The second-order valence-electron chi connectivity index (χ2n) is 5.55. The number of anilines is 1. The topological polar surface area (TPSA) is 61.4 Å². The summed E-state index contributed by atoms with van der Waals surface area (Å²) in [7, 11) is 0. The third-order valence-corrected chi connectivity index (χ3v) is 4.53. The van der Waals surface area contributed by atoms with E-state index < -0.39 is 0 Å². The Labute approximate surface area is 148 Å². The Kier molecular flexibility index (Phi) is 8.44. The van der Waals surface area contributed by atoms with Crippen LogP contribution in [0.1, 0.15) is 12.5 Å². The van der Waals surface area contributed by atoms with Crippen LogP contribution in [0.2, 0.25) is 0 Å². The molecule has 1 aromatic rings. The summed E-state index contributed by atoms with van der Waals surface area (Å²) in [4.78, 5) is 25.9. The first-order valence-corrected chi connectivity index (χ1v) is 8.66. The highest BCUT2D eigenvalue weighted by Crippen LogP contribution is 2.11. The molecule has 0 unspecified atom stereocenters. The summed E-state index contributed by atoms with van der Waals surface area (Å²) in [6, 6.07) is 7.90. The number of hydrogen-bond acceptors (Lipinski definition) is 4. The van der Waals surface area contributed by atoms with E-state index in [1.165, 1.54) is 11.8 Å². The predicted molar refractivity (Wildman–Crippen MR) is 98.4 cm³/mol. The standard InChI is InChI=1S/C16H23N3O2S.ClH/c1-12-3-5-14(6-4-12)18-15(20)10-22-11-16(21)19-8-7-17-9-13(19)2;/h3-6,13,17H,7-11H2,1-2H3,(H,18,20);1H/t13-;/m0./s1. The molecule has 0 bridgehead atoms. The highest BCUT2D eigenvalue weighted by Gasteiger charge is 2.22. The molecular formula is C16H24ClN3O2S. The lowest BCUT2D eigenvalue weighted by atomic mass is 10.2. The summed E-state index contributed by atoms with van der Waals surface area (Å²) in [5.74, 6) is 0.684. The van der Waals surface area contributed by atoms with Crippen LogP contribution in [0.15, 0.2) is 24.3 Å². The van der Waals surface area contributed by atoms with Crippen LogP contribution in [0, 0.1) is 6.92 Å². The second kappa shape index (κ2) is 9.80. The van der Waals surface area contributed by atoms with Gasteiger partial charge in [-0.15, -0.1) is 24.2 Å². The van der Waals surface area contributed by atoms with Gasteiger partial charge in [0.05, 0.1) is 11.5 Å². The number of halogens is 1. The number of carbonyl (C=O) groups excluding carboxylic acids is 2. The van der Waals surface area contributed by atoms with E-state index in [-0.39, 0.29) is 30.3 Å². The van der Waals surface area contributed by atoms with Crippen LogP contribution >= 0.6 is 24.2 Å². The van der Waals surface area contributed by atoms with Gasteiger partial charge in [-0.2, -0.15) is 0 Å². The molecule has 1 fully saturated rings. The van der Waals surface area contributed by atoms with Crippen molar-refractivity contribution in [3.05, 3.63) is 29.8 Å². The molecule has 0 spiro atoms. The van der Waals surface area contributed by atoms with E-state index in [1.807, 2.05) is 43.0 Å². The van der Waals surface area contributed by atoms with Crippen molar-refractivity contribution in [1.82, 2.24) is 10.2 Å². The molecule has 1 atom stereocenters. The van der Waals surface area contributed by atoms with Gasteiger partial charge in [0.15, 0.2) is 0 Å². The molecule has 7 heteroatoms. The minimum atomic E-state index is -0.0741. The number of nitrogens with one attached hydrogen (secondary N) is 2. The van der Waals surface area contributed by atoms with Gasteiger partial charge in [0.1, 0.15) is 0 Å². The lowest BCUT2D eigenvalue weighted by Crippen LogP contribution is -2.52. The largest absolute Gasteiger partial charge is 0.337 e. The molecule has 1 aliphatic heterocycles. The summed E-state index contributed by atoms with van der Waals surface area (Å²) in [5.41, 5.74) is 1.95. The Morgan fingerprint density at radius 1 is 1.30 bits per heavy atom. The second-order valence-corrected chi connectivity index (χ2v) is 6.53. The van der Waals surface area contributed by atoms with Crippen LogP contribution in [-0.2, 0) is 9.59 Å². The molecule has 0 aliphatic carbocycles. The van der Waals surface area contributed by atoms with Crippen LogP contribution < -0.4 is 10.6 Å². The van der Waals surface area contributed by atoms with Crippen molar-refractivity contribution in [3.63, 3.8) is 0 Å². The van der Waals surface area contributed by atoms with Crippen LogP contribution in [-0.4, -0.2) is 53.9 Å². The summed E-state index contributed by atoms with van der Waals surface area (Å²) in [5, 5.41) is 6.10. The number of thioether (sulfide) groups is 1. The van der Waals surface area contributed by atoms with Crippen molar-refractivity contribution >= 4 is 41.7 Å². The van der Waals surface area contributed by atoms with Crippen LogP contribution in [0.25, 0.3) is 0 Å². The van der Waals surface area contributed by atoms with Crippen molar-refractivity contribution < 1.29 is 9.59 Å². The van der Waals surface area contributed by atoms with Gasteiger partial charge >= 0.3 is 0 Å². The van der Waals surface area contributed by atoms with E-state index in [1.54, 1.807) is 0 Å². The average molecular weight is 358 g/mol. The van der Waals surface area contributed by atoms with Crippen molar-refractivity contribution in [2.45, 2.75) is 19.9 Å². The van der Waals surface area contributed by atoms with E-state index >= 15 is 0 Å². The molecule has 0 aromatic heterocycles. The predicted octanol–water partition coefficient (Wildman–Crippen LogP) is 1.91. The summed E-state index contributed by atoms with van der Waals surface area (Å²) in [6.45, 7) is 6.47. The van der Waals surface area contributed by atoms with E-state index in [0.29, 0.717) is 11.5 Å². The van der Waals surface area contributed by atoms with Crippen molar-refractivity contribution in [1.29, 1.82) is 0 Å². The molecule has 2 N–H and O–H groups in total. The fraction of sp³-hybridized carbons (Fsp3) is 0.500. The van der Waals surface area contributed by atoms with E-state index in [2.05, 4.69) is 10.6 Å². The summed E-state index contributed by atoms with van der Waals surface area (Å²) in [6.07, 6.45) is 0. The average Bonchev–Trinajstić information content (AvgIpc) is 2.50. The van der Waals surface area contributed by atoms with Crippen LogP contribution in [0.5, 0.6) is 0 Å². The normalized spacial score (nSPS) is 17.3. The number of carbonyl (C=O) groups is 2. The molecule has 2 amide bonds. The smallest absolute Gasteiger partial charge is 0.234 e. The molecule has 0 radical (unpaired) electrons. The Bertz CT molecular complexity index is 525. The first-order chi connectivity index (χ1) is 10.6. The Morgan fingerprint density at radius 3 is 2.65 bits per heavy atom. The number of piperazine rings is 1. The molecule has 1 aliphatic rings. The number of amides is 2. The molecule has 5 nitrogen and oxygen atoms in total. The number of aryl methyl sites for hydroxylation is 1. The Hall–Kier alpha value is -1.24. The molecule has 1 heterocycles. The zero-order chi connectivity index (χ0) is 15.9. The summed E-state index contributed by atoms with van der Waals surface area (Å²) >= 11 is 1.36. The highest BCUT2D eigenvalue weighted by molar-refractivity contribution is 8.00. The number of rotatable bonds is 5. The van der Waals surface area contributed by atoms with Gasteiger partial charge in [-0.1, -0.05) is 17.7 Å². The fourth-order valence-corrected chi connectivity index (χ4v) is 3.06. The Balaban J connectivity index is 0.00000264. The first-order valence-electron chi connectivity index (χ1n) is 7.50. The molecule has 1 saturated heterocycles. The SMILES string of the molecule is Cc1ccc(NC(=O)CSCC(=O)N2CCNC[C@@H]2C)cc1.Cl. The zero-order valence-electron chi connectivity index (χ0n) is 13.5. The fourth-order valence-electron chi connectivity index (χ4n) is 2.36.